The van der Waals surface area contributed by atoms with Crippen molar-refractivity contribution >= 4 is 17.9 Å². The third-order valence-corrected chi connectivity index (χ3v) is 3.56. The van der Waals surface area contributed by atoms with E-state index in [9.17, 15) is 14.4 Å². The van der Waals surface area contributed by atoms with Gasteiger partial charge in [0.05, 0.1) is 0 Å². The summed E-state index contributed by atoms with van der Waals surface area (Å²) in [5, 5.41) is 13.4. The van der Waals surface area contributed by atoms with E-state index < -0.39 is 12.0 Å². The van der Waals surface area contributed by atoms with Crippen LogP contribution in [0.3, 0.4) is 0 Å². The van der Waals surface area contributed by atoms with E-state index in [4.69, 9.17) is 5.11 Å². The third kappa shape index (κ3) is 8.50. The molecule has 0 atom stereocenters. The van der Waals surface area contributed by atoms with Crippen molar-refractivity contribution in [2.75, 3.05) is 6.54 Å². The van der Waals surface area contributed by atoms with Gasteiger partial charge in [0.25, 0.3) is 0 Å². The van der Waals surface area contributed by atoms with Crippen LogP contribution in [-0.2, 0) is 9.59 Å². The zero-order valence-electron chi connectivity index (χ0n) is 12.8. The van der Waals surface area contributed by atoms with Gasteiger partial charge in [-0.15, -0.1) is 0 Å². The van der Waals surface area contributed by atoms with Crippen LogP contribution in [0.25, 0.3) is 0 Å². The van der Waals surface area contributed by atoms with Gasteiger partial charge in [0.1, 0.15) is 0 Å². The Labute approximate surface area is 120 Å². The fraction of sp³-hybridized carbons (Fsp3) is 0.786. The van der Waals surface area contributed by atoms with Gasteiger partial charge in [0.15, 0.2) is 0 Å². The van der Waals surface area contributed by atoms with E-state index in [2.05, 4.69) is 24.5 Å². The summed E-state index contributed by atoms with van der Waals surface area (Å²) in [6, 6.07) is -0.498. The van der Waals surface area contributed by atoms with Crippen molar-refractivity contribution in [3.05, 3.63) is 0 Å². The number of aliphatic carboxylic acids is 1. The van der Waals surface area contributed by atoms with Crippen molar-refractivity contribution in [2.45, 2.75) is 53.4 Å². The minimum atomic E-state index is -0.876. The monoisotopic (exact) mass is 286 g/mol. The van der Waals surface area contributed by atoms with E-state index in [1.54, 1.807) is 0 Å². The van der Waals surface area contributed by atoms with Crippen molar-refractivity contribution in [1.82, 2.24) is 10.6 Å². The van der Waals surface area contributed by atoms with Crippen LogP contribution < -0.4 is 10.6 Å². The Bertz CT molecular complexity index is 351. The molecule has 0 aliphatic rings. The number of carbonyl (C=O) groups excluding carboxylic acids is 2. The number of imide groups is 1. The van der Waals surface area contributed by atoms with Crippen LogP contribution >= 0.6 is 0 Å². The molecule has 6 heteroatoms. The van der Waals surface area contributed by atoms with Crippen molar-refractivity contribution in [1.29, 1.82) is 0 Å². The van der Waals surface area contributed by atoms with Crippen LogP contribution in [-0.4, -0.2) is 29.6 Å². The standard InChI is InChI=1S/C14H26N2O4/c1-10(2)14(3,4)9-15-13(20)16-11(17)7-5-6-8-12(18)19/h10H,5-9H2,1-4H3,(H,18,19)(H2,15,16,17,20). The molecular weight excluding hydrogens is 260 g/mol. The summed E-state index contributed by atoms with van der Waals surface area (Å²) in [5.41, 5.74) is -0.0398. The van der Waals surface area contributed by atoms with Gasteiger partial charge >= 0.3 is 12.0 Å². The van der Waals surface area contributed by atoms with E-state index in [1.807, 2.05) is 13.8 Å². The molecule has 0 bridgehead atoms. The van der Waals surface area contributed by atoms with Gasteiger partial charge in [-0.05, 0) is 24.2 Å². The molecule has 0 rings (SSSR count). The summed E-state index contributed by atoms with van der Waals surface area (Å²) >= 11 is 0. The number of carboxylic acids is 1. The van der Waals surface area contributed by atoms with Crippen LogP contribution in [0.4, 0.5) is 4.79 Å². The molecule has 3 amide bonds. The molecular formula is C14H26N2O4. The number of unbranched alkanes of at least 4 members (excludes halogenated alkanes) is 1. The van der Waals surface area contributed by atoms with Gasteiger partial charge in [0.2, 0.25) is 5.91 Å². The van der Waals surface area contributed by atoms with Gasteiger partial charge in [-0.3, -0.25) is 14.9 Å². The second kappa shape index (κ2) is 8.55. The predicted molar refractivity (Wildman–Crippen MR) is 76.3 cm³/mol. The molecule has 20 heavy (non-hydrogen) atoms. The maximum Gasteiger partial charge on any atom is 0.321 e. The zero-order chi connectivity index (χ0) is 15.8. The van der Waals surface area contributed by atoms with Crippen molar-refractivity contribution in [3.63, 3.8) is 0 Å². The largest absolute Gasteiger partial charge is 0.481 e. The Hall–Kier alpha value is -1.59. The Balaban J connectivity index is 3.86. The molecule has 6 nitrogen and oxygen atoms in total. The average molecular weight is 286 g/mol. The van der Waals surface area contributed by atoms with Crippen LogP contribution in [0.5, 0.6) is 0 Å². The number of nitrogens with one attached hydrogen (secondary N) is 2. The minimum absolute atomic E-state index is 0.0398. The Morgan fingerprint density at radius 3 is 2.15 bits per heavy atom. The molecule has 0 saturated heterocycles. The lowest BCUT2D eigenvalue weighted by atomic mass is 9.81. The SMILES string of the molecule is CC(C)C(C)(C)CNC(=O)NC(=O)CCCCC(=O)O. The molecule has 0 aliphatic heterocycles. The van der Waals surface area contributed by atoms with Gasteiger partial charge in [-0.25, -0.2) is 4.79 Å². The summed E-state index contributed by atoms with van der Waals surface area (Å²) < 4.78 is 0. The molecule has 0 saturated carbocycles. The normalized spacial score (nSPS) is 11.2. The Morgan fingerprint density at radius 2 is 1.65 bits per heavy atom. The van der Waals surface area contributed by atoms with E-state index in [-0.39, 0.29) is 24.2 Å². The first kappa shape index (κ1) is 18.4. The van der Waals surface area contributed by atoms with Crippen molar-refractivity contribution in [3.8, 4) is 0 Å². The van der Waals surface area contributed by atoms with Gasteiger partial charge in [-0.1, -0.05) is 27.7 Å². The molecule has 0 aliphatic carbocycles. The number of amides is 3. The quantitative estimate of drug-likeness (QED) is 0.596. The number of urea groups is 1. The summed E-state index contributed by atoms with van der Waals surface area (Å²) in [6.45, 7) is 8.74. The van der Waals surface area contributed by atoms with Crippen molar-refractivity contribution in [2.24, 2.45) is 11.3 Å². The first-order valence-electron chi connectivity index (χ1n) is 6.94. The Morgan fingerprint density at radius 1 is 1.10 bits per heavy atom. The van der Waals surface area contributed by atoms with Crippen molar-refractivity contribution < 1.29 is 19.5 Å². The molecule has 0 heterocycles. The minimum Gasteiger partial charge on any atom is -0.481 e. The molecule has 0 unspecified atom stereocenters. The van der Waals surface area contributed by atoms with E-state index in [0.29, 0.717) is 25.3 Å². The number of hydrogen-bond acceptors (Lipinski definition) is 3. The summed E-state index contributed by atoms with van der Waals surface area (Å²) in [6.07, 6.45) is 1.10. The highest BCUT2D eigenvalue weighted by Crippen LogP contribution is 2.24. The van der Waals surface area contributed by atoms with E-state index in [0.717, 1.165) is 0 Å². The zero-order valence-corrected chi connectivity index (χ0v) is 12.8. The fourth-order valence-electron chi connectivity index (χ4n) is 1.31. The second-order valence-electron chi connectivity index (χ2n) is 5.97. The highest BCUT2D eigenvalue weighted by molar-refractivity contribution is 5.94. The first-order chi connectivity index (χ1) is 9.15. The van der Waals surface area contributed by atoms with Crippen LogP contribution in [0.2, 0.25) is 0 Å². The molecule has 0 radical (unpaired) electrons. The van der Waals surface area contributed by atoms with Gasteiger partial charge < -0.3 is 10.4 Å². The molecule has 116 valence electrons. The first-order valence-corrected chi connectivity index (χ1v) is 6.94. The van der Waals surface area contributed by atoms with Gasteiger partial charge in [-0.2, -0.15) is 0 Å². The lowest BCUT2D eigenvalue weighted by Crippen LogP contribution is -2.44. The molecule has 0 aromatic rings. The highest BCUT2D eigenvalue weighted by Gasteiger charge is 2.23. The summed E-state index contributed by atoms with van der Waals surface area (Å²) in [4.78, 5) is 33.3. The lowest BCUT2D eigenvalue weighted by molar-refractivity contribution is -0.137. The molecule has 0 fully saturated rings. The van der Waals surface area contributed by atoms with Crippen LogP contribution in [0.15, 0.2) is 0 Å². The maximum absolute atomic E-state index is 11.5. The molecule has 0 aromatic carbocycles. The van der Waals surface area contributed by atoms with Crippen LogP contribution in [0.1, 0.15) is 53.4 Å². The molecule has 0 spiro atoms. The molecule has 0 aromatic heterocycles. The smallest absolute Gasteiger partial charge is 0.321 e. The topological polar surface area (TPSA) is 95.5 Å². The predicted octanol–water partition coefficient (Wildman–Crippen LogP) is 2.14. The third-order valence-electron chi connectivity index (χ3n) is 3.56. The Kier molecular flexibility index (Phi) is 7.87. The average Bonchev–Trinajstić information content (AvgIpc) is 2.32. The van der Waals surface area contributed by atoms with E-state index in [1.165, 1.54) is 0 Å². The fourth-order valence-corrected chi connectivity index (χ4v) is 1.31. The van der Waals surface area contributed by atoms with Crippen LogP contribution in [0, 0.1) is 11.3 Å². The van der Waals surface area contributed by atoms with E-state index >= 15 is 0 Å². The summed E-state index contributed by atoms with van der Waals surface area (Å²) in [5.74, 6) is -0.844. The molecule has 3 N–H and O–H groups in total. The number of rotatable bonds is 8. The summed E-state index contributed by atoms with van der Waals surface area (Å²) in [7, 11) is 0. The number of carboxylic acid groups (broad SMARTS) is 1. The maximum atomic E-state index is 11.5. The second-order valence-corrected chi connectivity index (χ2v) is 5.97. The lowest BCUT2D eigenvalue weighted by Gasteiger charge is -2.29. The number of carbonyl (C=O) groups is 3. The number of hydrogen-bond donors (Lipinski definition) is 3. The van der Waals surface area contributed by atoms with Gasteiger partial charge in [0, 0.05) is 19.4 Å². The highest BCUT2D eigenvalue weighted by atomic mass is 16.4.